The van der Waals surface area contributed by atoms with E-state index in [2.05, 4.69) is 26.9 Å². The van der Waals surface area contributed by atoms with Crippen LogP contribution >= 0.6 is 8.58 Å². The number of hydrogen-bond acceptors (Lipinski definition) is 0. The smallest absolute Gasteiger partial charge is 0.325 e. The minimum atomic E-state index is 0. The van der Waals surface area contributed by atoms with Gasteiger partial charge >= 0.3 is 51.4 Å². The molecule has 0 amide bonds. The minimum absolute atomic E-state index is 0. The summed E-state index contributed by atoms with van der Waals surface area (Å²) in [6, 6.07) is 0. The SMILES string of the molecule is CCC1CCCCC1PC.CCC1[CH-]CCCC1.[K+]. The third kappa shape index (κ3) is 8.94. The molecule has 2 aliphatic carbocycles. The van der Waals surface area contributed by atoms with Crippen molar-refractivity contribution in [2.24, 2.45) is 11.8 Å². The van der Waals surface area contributed by atoms with E-state index in [1.54, 1.807) is 0 Å². The van der Waals surface area contributed by atoms with Crippen LogP contribution in [0.5, 0.6) is 0 Å². The molecule has 2 heteroatoms. The molecule has 108 valence electrons. The molecule has 2 aliphatic rings. The normalized spacial score (nSPS) is 31.4. The molecule has 0 aromatic heterocycles. The quantitative estimate of drug-likeness (QED) is 0.427. The molecule has 0 heterocycles. The van der Waals surface area contributed by atoms with Crippen molar-refractivity contribution in [1.82, 2.24) is 0 Å². The van der Waals surface area contributed by atoms with Crippen LogP contribution in [0.25, 0.3) is 0 Å². The Hall–Kier alpha value is 2.07. The fraction of sp³-hybridized carbons (Fsp3) is 0.941. The average Bonchev–Trinajstić information content (AvgIpc) is 2.48. The van der Waals surface area contributed by atoms with Crippen molar-refractivity contribution < 1.29 is 51.4 Å². The van der Waals surface area contributed by atoms with Crippen molar-refractivity contribution in [2.45, 2.75) is 83.7 Å². The molecule has 0 N–H and O–H groups in total. The molecule has 0 saturated heterocycles. The Balaban J connectivity index is 0.000000331. The monoisotopic (exact) mass is 308 g/mol. The fourth-order valence-electron chi connectivity index (χ4n) is 3.47. The summed E-state index contributed by atoms with van der Waals surface area (Å²) in [5.41, 5.74) is 1.10. The van der Waals surface area contributed by atoms with E-state index >= 15 is 0 Å². The van der Waals surface area contributed by atoms with Crippen LogP contribution in [0.3, 0.4) is 0 Å². The van der Waals surface area contributed by atoms with E-state index in [0.29, 0.717) is 0 Å². The first-order chi connectivity index (χ1) is 8.81. The predicted octanol–water partition coefficient (Wildman–Crippen LogP) is 3.06. The molecule has 2 fully saturated rings. The zero-order valence-corrected chi connectivity index (χ0v) is 18.0. The van der Waals surface area contributed by atoms with Gasteiger partial charge in [0.2, 0.25) is 0 Å². The Morgan fingerprint density at radius 3 is 2.05 bits per heavy atom. The summed E-state index contributed by atoms with van der Waals surface area (Å²) in [6.45, 7) is 7.01. The van der Waals surface area contributed by atoms with Crippen LogP contribution in [0.4, 0.5) is 0 Å². The van der Waals surface area contributed by atoms with Gasteiger partial charge in [-0.25, -0.2) is 0 Å². The molecule has 2 rings (SSSR count). The second-order valence-corrected chi connectivity index (χ2v) is 7.36. The summed E-state index contributed by atoms with van der Waals surface area (Å²) in [7, 11) is 1.19. The van der Waals surface area contributed by atoms with Crippen LogP contribution in [0.15, 0.2) is 0 Å². The van der Waals surface area contributed by atoms with Crippen molar-refractivity contribution in [3.8, 4) is 0 Å². The van der Waals surface area contributed by atoms with E-state index in [1.165, 1.54) is 72.8 Å². The summed E-state index contributed by atoms with van der Waals surface area (Å²) in [5, 5.41) is 0. The average molecular weight is 309 g/mol. The Bertz CT molecular complexity index is 178. The van der Waals surface area contributed by atoms with Crippen LogP contribution in [0, 0.1) is 18.3 Å². The molecular weight excluding hydrogens is 274 g/mol. The van der Waals surface area contributed by atoms with Gasteiger partial charge in [-0.15, -0.1) is 8.58 Å². The van der Waals surface area contributed by atoms with Crippen molar-refractivity contribution in [1.29, 1.82) is 0 Å². The van der Waals surface area contributed by atoms with E-state index in [1.807, 2.05) is 0 Å². The second kappa shape index (κ2) is 13.7. The Labute approximate surface area is 166 Å². The molecule has 2 saturated carbocycles. The van der Waals surface area contributed by atoms with E-state index in [4.69, 9.17) is 0 Å². The van der Waals surface area contributed by atoms with Gasteiger partial charge in [-0.3, -0.25) is 0 Å². The van der Waals surface area contributed by atoms with E-state index in [-0.39, 0.29) is 51.4 Å². The summed E-state index contributed by atoms with van der Waals surface area (Å²) in [5.74, 6) is 2.04. The van der Waals surface area contributed by atoms with Gasteiger partial charge in [0.1, 0.15) is 0 Å². The van der Waals surface area contributed by atoms with Gasteiger partial charge in [0, 0.05) is 0 Å². The molecule has 4 atom stereocenters. The molecule has 0 spiro atoms. The molecule has 0 nitrogen and oxygen atoms in total. The van der Waals surface area contributed by atoms with Gasteiger partial charge in [0.15, 0.2) is 0 Å². The van der Waals surface area contributed by atoms with Gasteiger partial charge < -0.3 is 6.42 Å². The minimum Gasteiger partial charge on any atom is -0.325 e. The van der Waals surface area contributed by atoms with Crippen LogP contribution in [0.1, 0.15) is 78.1 Å². The predicted molar refractivity (Wildman–Crippen MR) is 86.8 cm³/mol. The van der Waals surface area contributed by atoms with E-state index < -0.39 is 0 Å². The first-order valence-corrected chi connectivity index (χ1v) is 9.90. The zero-order valence-electron chi connectivity index (χ0n) is 13.9. The van der Waals surface area contributed by atoms with Crippen LogP contribution in [-0.2, 0) is 0 Å². The van der Waals surface area contributed by atoms with Crippen molar-refractivity contribution in [2.75, 3.05) is 6.66 Å². The van der Waals surface area contributed by atoms with Gasteiger partial charge in [-0.2, -0.15) is 12.3 Å². The summed E-state index contributed by atoms with van der Waals surface area (Å²) < 4.78 is 0. The largest absolute Gasteiger partial charge is 1.00 e. The molecule has 0 bridgehead atoms. The first-order valence-electron chi connectivity index (χ1n) is 8.32. The van der Waals surface area contributed by atoms with Gasteiger partial charge in [-0.1, -0.05) is 58.8 Å². The molecule has 19 heavy (non-hydrogen) atoms. The first kappa shape index (κ1) is 21.1. The van der Waals surface area contributed by atoms with Crippen molar-refractivity contribution in [3.63, 3.8) is 0 Å². The maximum atomic E-state index is 2.49. The Morgan fingerprint density at radius 2 is 1.63 bits per heavy atom. The van der Waals surface area contributed by atoms with Crippen LogP contribution in [0.2, 0.25) is 0 Å². The van der Waals surface area contributed by atoms with Crippen molar-refractivity contribution in [3.05, 3.63) is 6.42 Å². The van der Waals surface area contributed by atoms with Crippen LogP contribution < -0.4 is 51.4 Å². The molecule has 4 unspecified atom stereocenters. The molecule has 0 radical (unpaired) electrons. The fourth-order valence-corrected chi connectivity index (χ4v) is 4.84. The van der Waals surface area contributed by atoms with E-state index in [0.717, 1.165) is 17.5 Å². The van der Waals surface area contributed by atoms with Gasteiger partial charge in [0.25, 0.3) is 0 Å². The molecular formula is C17H34KP. The van der Waals surface area contributed by atoms with Gasteiger partial charge in [-0.05, 0) is 31.1 Å². The standard InChI is InChI=1S/C9H19P.C8H15.K/c1-3-8-6-4-5-7-9(8)10-2;1-2-8-6-4-3-5-7-8;/h8-10H,3-7H2,1-2H3;6,8H,2-5,7H2,1H3;/q;-1;+1. The second-order valence-electron chi connectivity index (χ2n) is 6.04. The Kier molecular flexibility index (Phi) is 15.2. The summed E-state index contributed by atoms with van der Waals surface area (Å²) in [6.07, 6.45) is 17.0. The van der Waals surface area contributed by atoms with Crippen LogP contribution in [-0.4, -0.2) is 12.3 Å². The number of rotatable bonds is 3. The number of hydrogen-bond donors (Lipinski definition) is 0. The summed E-state index contributed by atoms with van der Waals surface area (Å²) >= 11 is 0. The molecule has 0 aromatic rings. The maximum Gasteiger partial charge on any atom is 1.00 e. The Morgan fingerprint density at radius 1 is 0.947 bits per heavy atom. The van der Waals surface area contributed by atoms with Crippen molar-refractivity contribution >= 4 is 8.58 Å². The zero-order chi connectivity index (χ0) is 13.2. The van der Waals surface area contributed by atoms with E-state index in [9.17, 15) is 0 Å². The molecule has 0 aliphatic heterocycles. The van der Waals surface area contributed by atoms with Gasteiger partial charge in [0.05, 0.1) is 0 Å². The maximum absolute atomic E-state index is 2.49. The third-order valence-corrected chi connectivity index (χ3v) is 6.36. The molecule has 0 aromatic carbocycles. The third-order valence-electron chi connectivity index (χ3n) is 4.86. The topological polar surface area (TPSA) is 0 Å². The summed E-state index contributed by atoms with van der Waals surface area (Å²) in [4.78, 5) is 0.